The van der Waals surface area contributed by atoms with Gasteiger partial charge < -0.3 is 0 Å². The van der Waals surface area contributed by atoms with E-state index in [2.05, 4.69) is 23.9 Å². The molecule has 0 aromatic carbocycles. The SMILES string of the molecule is CC1(Cc2ccn(C3CCCCC3)n2)CCC(=O)C1. The van der Waals surface area contributed by atoms with Crippen LogP contribution < -0.4 is 0 Å². The predicted molar refractivity (Wildman–Crippen MR) is 75.0 cm³/mol. The number of carbonyl (C=O) groups is 1. The first-order valence-corrected chi connectivity index (χ1v) is 7.70. The highest BCUT2D eigenvalue weighted by atomic mass is 16.1. The van der Waals surface area contributed by atoms with Crippen LogP contribution in [0.2, 0.25) is 0 Å². The molecule has 1 atom stereocenters. The van der Waals surface area contributed by atoms with Crippen LogP contribution in [0.15, 0.2) is 12.3 Å². The zero-order chi connectivity index (χ0) is 13.3. The summed E-state index contributed by atoms with van der Waals surface area (Å²) >= 11 is 0. The zero-order valence-corrected chi connectivity index (χ0v) is 11.9. The van der Waals surface area contributed by atoms with Crippen LogP contribution in [0.4, 0.5) is 0 Å². The van der Waals surface area contributed by atoms with E-state index in [-0.39, 0.29) is 5.41 Å². The average Bonchev–Trinajstić information content (AvgIpc) is 2.98. The van der Waals surface area contributed by atoms with Gasteiger partial charge in [0.25, 0.3) is 0 Å². The largest absolute Gasteiger partial charge is 0.300 e. The van der Waals surface area contributed by atoms with E-state index in [4.69, 9.17) is 5.10 Å². The average molecular weight is 260 g/mol. The molecular weight excluding hydrogens is 236 g/mol. The summed E-state index contributed by atoms with van der Waals surface area (Å²) in [5.41, 5.74) is 1.32. The summed E-state index contributed by atoms with van der Waals surface area (Å²) in [5.74, 6) is 0.425. The molecular formula is C16H24N2O. The number of carbonyl (C=O) groups excluding carboxylic acids is 1. The van der Waals surface area contributed by atoms with E-state index in [1.165, 1.54) is 37.8 Å². The van der Waals surface area contributed by atoms with Gasteiger partial charge in [-0.2, -0.15) is 5.10 Å². The second-order valence-corrected chi connectivity index (χ2v) is 6.78. The first-order valence-electron chi connectivity index (χ1n) is 7.70. The number of aromatic nitrogens is 2. The summed E-state index contributed by atoms with van der Waals surface area (Å²) < 4.78 is 2.18. The topological polar surface area (TPSA) is 34.9 Å². The quantitative estimate of drug-likeness (QED) is 0.830. The Bertz CT molecular complexity index is 459. The van der Waals surface area contributed by atoms with Gasteiger partial charge in [-0.15, -0.1) is 0 Å². The summed E-state index contributed by atoms with van der Waals surface area (Å²) in [7, 11) is 0. The molecule has 0 spiro atoms. The van der Waals surface area contributed by atoms with Crippen LogP contribution >= 0.6 is 0 Å². The Morgan fingerprint density at radius 1 is 1.37 bits per heavy atom. The third kappa shape index (κ3) is 2.90. The first kappa shape index (κ1) is 12.9. The fourth-order valence-electron chi connectivity index (χ4n) is 3.70. The standard InChI is InChI=1S/C16H24N2O/c1-16(9-7-15(19)12-16)11-13-8-10-18(17-13)14-5-3-2-4-6-14/h8,10,14H,2-7,9,11-12H2,1H3. The molecule has 3 nitrogen and oxygen atoms in total. The molecule has 0 radical (unpaired) electrons. The van der Waals surface area contributed by atoms with Crippen molar-refractivity contribution >= 4 is 5.78 Å². The molecule has 0 N–H and O–H groups in total. The maximum atomic E-state index is 11.5. The smallest absolute Gasteiger partial charge is 0.133 e. The normalized spacial score (nSPS) is 29.0. The Hall–Kier alpha value is -1.12. The molecule has 2 fully saturated rings. The van der Waals surface area contributed by atoms with Crippen LogP contribution in [0, 0.1) is 5.41 Å². The molecule has 0 bridgehead atoms. The zero-order valence-electron chi connectivity index (χ0n) is 11.9. The van der Waals surface area contributed by atoms with Crippen molar-refractivity contribution in [2.45, 2.75) is 70.8 Å². The molecule has 1 aromatic rings. The number of rotatable bonds is 3. The van der Waals surface area contributed by atoms with Crippen LogP contribution in [0.3, 0.4) is 0 Å². The van der Waals surface area contributed by atoms with Gasteiger partial charge in [-0.3, -0.25) is 9.48 Å². The van der Waals surface area contributed by atoms with Gasteiger partial charge in [0, 0.05) is 19.0 Å². The van der Waals surface area contributed by atoms with Crippen molar-refractivity contribution in [1.82, 2.24) is 9.78 Å². The first-order chi connectivity index (χ1) is 9.15. The molecule has 104 valence electrons. The van der Waals surface area contributed by atoms with E-state index in [1.807, 2.05) is 0 Å². The van der Waals surface area contributed by atoms with Gasteiger partial charge in [0.15, 0.2) is 0 Å². The minimum Gasteiger partial charge on any atom is -0.300 e. The lowest BCUT2D eigenvalue weighted by Gasteiger charge is -2.23. The van der Waals surface area contributed by atoms with Crippen molar-refractivity contribution in [3.8, 4) is 0 Å². The Kier molecular flexibility index (Phi) is 3.46. The highest BCUT2D eigenvalue weighted by Crippen LogP contribution is 2.38. The number of nitrogens with zero attached hydrogens (tertiary/aromatic N) is 2. The van der Waals surface area contributed by atoms with Gasteiger partial charge in [0.2, 0.25) is 0 Å². The molecule has 0 aliphatic heterocycles. The fraction of sp³-hybridized carbons (Fsp3) is 0.750. The molecule has 3 rings (SSSR count). The predicted octanol–water partition coefficient (Wildman–Crippen LogP) is 3.69. The van der Waals surface area contributed by atoms with Crippen LogP contribution in [-0.4, -0.2) is 15.6 Å². The second kappa shape index (κ2) is 5.10. The van der Waals surface area contributed by atoms with Crippen molar-refractivity contribution in [1.29, 1.82) is 0 Å². The second-order valence-electron chi connectivity index (χ2n) is 6.78. The molecule has 2 aliphatic rings. The van der Waals surface area contributed by atoms with Gasteiger partial charge >= 0.3 is 0 Å². The molecule has 1 aromatic heterocycles. The number of Topliss-reactive ketones (excluding diaryl/α,β-unsaturated/α-hetero) is 1. The van der Waals surface area contributed by atoms with Crippen molar-refractivity contribution in [2.24, 2.45) is 5.41 Å². The number of hydrogen-bond acceptors (Lipinski definition) is 2. The lowest BCUT2D eigenvalue weighted by atomic mass is 9.84. The fourth-order valence-corrected chi connectivity index (χ4v) is 3.70. The van der Waals surface area contributed by atoms with E-state index < -0.39 is 0 Å². The monoisotopic (exact) mass is 260 g/mol. The molecule has 2 aliphatic carbocycles. The Morgan fingerprint density at radius 3 is 2.84 bits per heavy atom. The summed E-state index contributed by atoms with van der Waals surface area (Å²) in [6, 6.07) is 2.77. The van der Waals surface area contributed by atoms with Gasteiger partial charge in [-0.25, -0.2) is 0 Å². The third-order valence-corrected chi connectivity index (χ3v) is 4.85. The van der Waals surface area contributed by atoms with Crippen molar-refractivity contribution in [3.05, 3.63) is 18.0 Å². The molecule has 2 saturated carbocycles. The van der Waals surface area contributed by atoms with Crippen molar-refractivity contribution < 1.29 is 4.79 Å². The van der Waals surface area contributed by atoms with Crippen molar-refractivity contribution in [3.63, 3.8) is 0 Å². The summed E-state index contributed by atoms with van der Waals surface area (Å²) in [4.78, 5) is 11.5. The summed E-state index contributed by atoms with van der Waals surface area (Å²) in [6.07, 6.45) is 12.2. The lowest BCUT2D eigenvalue weighted by molar-refractivity contribution is -0.117. The van der Waals surface area contributed by atoms with Crippen molar-refractivity contribution in [2.75, 3.05) is 0 Å². The molecule has 3 heteroatoms. The minimum absolute atomic E-state index is 0.156. The van der Waals surface area contributed by atoms with Crippen LogP contribution in [-0.2, 0) is 11.2 Å². The van der Waals surface area contributed by atoms with Gasteiger partial charge in [-0.1, -0.05) is 26.2 Å². The Balaban J connectivity index is 1.66. The van der Waals surface area contributed by atoms with Crippen LogP contribution in [0.5, 0.6) is 0 Å². The molecule has 19 heavy (non-hydrogen) atoms. The Labute approximate surface area is 115 Å². The van der Waals surface area contributed by atoms with Crippen LogP contribution in [0.1, 0.15) is 70.0 Å². The Morgan fingerprint density at radius 2 is 2.16 bits per heavy atom. The molecule has 0 amide bonds. The molecule has 0 saturated heterocycles. The lowest BCUT2D eigenvalue weighted by Crippen LogP contribution is -2.17. The summed E-state index contributed by atoms with van der Waals surface area (Å²) in [6.45, 7) is 2.23. The number of ketones is 1. The van der Waals surface area contributed by atoms with Crippen LogP contribution in [0.25, 0.3) is 0 Å². The van der Waals surface area contributed by atoms with Gasteiger partial charge in [0.1, 0.15) is 5.78 Å². The summed E-state index contributed by atoms with van der Waals surface area (Å²) in [5, 5.41) is 4.77. The highest BCUT2D eigenvalue weighted by molar-refractivity contribution is 5.81. The maximum absolute atomic E-state index is 11.5. The maximum Gasteiger partial charge on any atom is 0.133 e. The van der Waals surface area contributed by atoms with E-state index in [9.17, 15) is 4.79 Å². The van der Waals surface area contributed by atoms with E-state index >= 15 is 0 Å². The highest BCUT2D eigenvalue weighted by Gasteiger charge is 2.34. The third-order valence-electron chi connectivity index (χ3n) is 4.85. The minimum atomic E-state index is 0.156. The molecule has 1 unspecified atom stereocenters. The number of hydrogen-bond donors (Lipinski definition) is 0. The molecule has 1 heterocycles. The van der Waals surface area contributed by atoms with Gasteiger partial charge in [0.05, 0.1) is 11.7 Å². The van der Waals surface area contributed by atoms with E-state index in [1.54, 1.807) is 0 Å². The van der Waals surface area contributed by atoms with Gasteiger partial charge in [-0.05, 0) is 37.2 Å². The van der Waals surface area contributed by atoms with E-state index in [0.717, 1.165) is 25.7 Å². The van der Waals surface area contributed by atoms with E-state index in [0.29, 0.717) is 11.8 Å².